The Hall–Kier alpha value is -2.82. The molecule has 0 aliphatic rings. The largest absolute Gasteiger partial charge is 0.502 e. The second kappa shape index (κ2) is 6.09. The molecule has 0 saturated heterocycles. The number of aliphatic carboxylic acids is 1. The predicted octanol–water partition coefficient (Wildman–Crippen LogP) is 2.89. The Kier molecular flexibility index (Phi) is 4.23. The lowest BCUT2D eigenvalue weighted by Crippen LogP contribution is -2.03. The summed E-state index contributed by atoms with van der Waals surface area (Å²) in [5, 5.41) is 17.5. The summed E-state index contributed by atoms with van der Waals surface area (Å²) in [6.07, 6.45) is 1.15. The van der Waals surface area contributed by atoms with Crippen LogP contribution in [0.2, 0.25) is 0 Å². The fourth-order valence-corrected chi connectivity index (χ4v) is 1.77. The van der Waals surface area contributed by atoms with Crippen LogP contribution >= 0.6 is 0 Å². The lowest BCUT2D eigenvalue weighted by molar-refractivity contribution is -0.135. The molecular formula is C16H14O5. The van der Waals surface area contributed by atoms with Gasteiger partial charge in [-0.3, -0.25) is 4.79 Å². The van der Waals surface area contributed by atoms with Crippen LogP contribution in [0.1, 0.15) is 27.4 Å². The third kappa shape index (κ3) is 3.82. The van der Waals surface area contributed by atoms with Crippen molar-refractivity contribution in [1.82, 2.24) is 0 Å². The number of ketones is 1. The van der Waals surface area contributed by atoms with Gasteiger partial charge in [0.1, 0.15) is 5.76 Å². The van der Waals surface area contributed by atoms with Gasteiger partial charge >= 0.3 is 5.97 Å². The molecule has 0 radical (unpaired) electrons. The number of carboxylic acids is 1. The molecule has 0 saturated carbocycles. The van der Waals surface area contributed by atoms with Gasteiger partial charge in [0.15, 0.2) is 5.76 Å². The van der Waals surface area contributed by atoms with E-state index in [1.54, 1.807) is 6.07 Å². The van der Waals surface area contributed by atoms with Crippen LogP contribution in [0.15, 0.2) is 52.7 Å². The zero-order chi connectivity index (χ0) is 15.4. The van der Waals surface area contributed by atoms with Crippen molar-refractivity contribution in [3.05, 3.63) is 70.9 Å². The highest BCUT2D eigenvalue weighted by Gasteiger charge is 2.13. The monoisotopic (exact) mass is 286 g/mol. The van der Waals surface area contributed by atoms with E-state index in [0.717, 1.165) is 11.1 Å². The Bertz CT molecular complexity index is 692. The van der Waals surface area contributed by atoms with Gasteiger partial charge in [0.2, 0.25) is 11.5 Å². The summed E-state index contributed by atoms with van der Waals surface area (Å²) < 4.78 is 5.36. The quantitative estimate of drug-likeness (QED) is 0.501. The first-order valence-corrected chi connectivity index (χ1v) is 6.28. The summed E-state index contributed by atoms with van der Waals surface area (Å²) in [5.41, 5.74) is 2.20. The molecule has 0 unspecified atom stereocenters. The van der Waals surface area contributed by atoms with Gasteiger partial charge in [-0.15, -0.1) is 0 Å². The smallest absolute Gasteiger partial charge is 0.371 e. The Balaban J connectivity index is 2.11. The molecule has 1 heterocycles. The number of aliphatic hydroxyl groups is 1. The topological polar surface area (TPSA) is 87.7 Å². The summed E-state index contributed by atoms with van der Waals surface area (Å²) in [6, 6.07) is 11.0. The molecule has 2 rings (SSSR count). The van der Waals surface area contributed by atoms with Gasteiger partial charge in [0.05, 0.1) is 0 Å². The number of carboxylic acid groups (broad SMARTS) is 1. The molecule has 0 aliphatic carbocycles. The molecule has 1 aromatic carbocycles. The Labute approximate surface area is 121 Å². The molecule has 0 atom stereocenters. The molecule has 108 valence electrons. The number of benzene rings is 1. The number of hydrogen-bond acceptors (Lipinski definition) is 4. The maximum atomic E-state index is 11.7. The highest BCUT2D eigenvalue weighted by atomic mass is 16.4. The van der Waals surface area contributed by atoms with E-state index in [4.69, 9.17) is 14.6 Å². The van der Waals surface area contributed by atoms with Crippen LogP contribution in [0.3, 0.4) is 0 Å². The number of aliphatic hydroxyl groups excluding tert-OH is 1. The van der Waals surface area contributed by atoms with Crippen LogP contribution in [0, 0.1) is 6.92 Å². The highest BCUT2D eigenvalue weighted by Crippen LogP contribution is 2.15. The number of carbonyl (C=O) groups is 2. The van der Waals surface area contributed by atoms with Gasteiger partial charge in [-0.25, -0.2) is 4.79 Å². The van der Waals surface area contributed by atoms with Crippen LogP contribution in [0.5, 0.6) is 0 Å². The molecule has 1 aromatic heterocycles. The van der Waals surface area contributed by atoms with E-state index in [-0.39, 0.29) is 5.76 Å². The molecular weight excluding hydrogens is 272 g/mol. The minimum atomic E-state index is -1.56. The van der Waals surface area contributed by atoms with E-state index in [1.807, 2.05) is 31.2 Å². The van der Waals surface area contributed by atoms with E-state index in [2.05, 4.69) is 0 Å². The predicted molar refractivity (Wildman–Crippen MR) is 75.4 cm³/mol. The molecule has 0 spiro atoms. The minimum absolute atomic E-state index is 0.00934. The normalized spacial score (nSPS) is 11.4. The van der Waals surface area contributed by atoms with Crippen LogP contribution in [0.4, 0.5) is 0 Å². The molecule has 21 heavy (non-hydrogen) atoms. The van der Waals surface area contributed by atoms with E-state index < -0.39 is 17.5 Å². The van der Waals surface area contributed by atoms with E-state index in [9.17, 15) is 9.59 Å². The van der Waals surface area contributed by atoms with Crippen molar-refractivity contribution in [2.45, 2.75) is 13.3 Å². The fourth-order valence-electron chi connectivity index (χ4n) is 1.77. The Morgan fingerprint density at radius 2 is 1.76 bits per heavy atom. The summed E-state index contributed by atoms with van der Waals surface area (Å²) in [4.78, 5) is 22.1. The third-order valence-electron chi connectivity index (χ3n) is 2.89. The second-order valence-electron chi connectivity index (χ2n) is 4.63. The number of rotatable bonds is 5. The van der Waals surface area contributed by atoms with Gasteiger partial charge < -0.3 is 14.6 Å². The number of carbonyl (C=O) groups excluding carboxylic acids is 1. The first-order valence-electron chi connectivity index (χ1n) is 6.28. The van der Waals surface area contributed by atoms with E-state index >= 15 is 0 Å². The number of allylic oxidation sites excluding steroid dienone is 1. The SMILES string of the molecule is Cc1ccc(Cc2ccc(C(=O)/C=C(\O)C(=O)O)o2)cc1. The van der Waals surface area contributed by atoms with Crippen molar-refractivity contribution < 1.29 is 24.2 Å². The first-order chi connectivity index (χ1) is 9.95. The zero-order valence-electron chi connectivity index (χ0n) is 11.4. The maximum absolute atomic E-state index is 11.7. The zero-order valence-corrected chi connectivity index (χ0v) is 11.4. The van der Waals surface area contributed by atoms with Crippen molar-refractivity contribution in [3.8, 4) is 0 Å². The Morgan fingerprint density at radius 3 is 2.38 bits per heavy atom. The van der Waals surface area contributed by atoms with Crippen LogP contribution in [-0.2, 0) is 11.2 Å². The lowest BCUT2D eigenvalue weighted by Gasteiger charge is -1.99. The minimum Gasteiger partial charge on any atom is -0.502 e. The summed E-state index contributed by atoms with van der Waals surface area (Å²) in [5.74, 6) is -2.69. The van der Waals surface area contributed by atoms with E-state index in [1.165, 1.54) is 6.07 Å². The molecule has 0 amide bonds. The average Bonchev–Trinajstić information content (AvgIpc) is 2.90. The van der Waals surface area contributed by atoms with E-state index in [0.29, 0.717) is 18.3 Å². The fraction of sp³-hybridized carbons (Fsp3) is 0.125. The lowest BCUT2D eigenvalue weighted by atomic mass is 10.1. The van der Waals surface area contributed by atoms with Crippen molar-refractivity contribution in [1.29, 1.82) is 0 Å². The molecule has 0 bridgehead atoms. The molecule has 2 N–H and O–H groups in total. The van der Waals surface area contributed by atoms with Gasteiger partial charge in [-0.05, 0) is 24.6 Å². The summed E-state index contributed by atoms with van der Waals surface area (Å²) in [6.45, 7) is 1.99. The maximum Gasteiger partial charge on any atom is 0.371 e. The Morgan fingerprint density at radius 1 is 1.10 bits per heavy atom. The summed E-state index contributed by atoms with van der Waals surface area (Å²) in [7, 11) is 0. The summed E-state index contributed by atoms with van der Waals surface area (Å²) >= 11 is 0. The number of hydrogen-bond donors (Lipinski definition) is 2. The van der Waals surface area contributed by atoms with Crippen molar-refractivity contribution in [3.63, 3.8) is 0 Å². The molecule has 0 fully saturated rings. The molecule has 5 heteroatoms. The third-order valence-corrected chi connectivity index (χ3v) is 2.89. The van der Waals surface area contributed by atoms with Crippen LogP contribution in [0.25, 0.3) is 0 Å². The van der Waals surface area contributed by atoms with Gasteiger partial charge in [0.25, 0.3) is 0 Å². The highest BCUT2D eigenvalue weighted by molar-refractivity contribution is 6.06. The average molecular weight is 286 g/mol. The number of furan rings is 1. The van der Waals surface area contributed by atoms with Crippen LogP contribution in [-0.4, -0.2) is 22.0 Å². The van der Waals surface area contributed by atoms with Crippen molar-refractivity contribution in [2.24, 2.45) is 0 Å². The molecule has 2 aromatic rings. The van der Waals surface area contributed by atoms with Gasteiger partial charge in [0, 0.05) is 12.5 Å². The van der Waals surface area contributed by atoms with Gasteiger partial charge in [-0.2, -0.15) is 0 Å². The van der Waals surface area contributed by atoms with Crippen molar-refractivity contribution in [2.75, 3.05) is 0 Å². The second-order valence-corrected chi connectivity index (χ2v) is 4.63. The number of aryl methyl sites for hydroxylation is 1. The molecule has 5 nitrogen and oxygen atoms in total. The molecule has 0 aliphatic heterocycles. The standard InChI is InChI=1S/C16H14O5/c1-10-2-4-11(5-3-10)8-12-6-7-15(21-12)13(17)9-14(18)16(19)20/h2-7,9,18H,8H2,1H3,(H,19,20)/b14-9-. The van der Waals surface area contributed by atoms with Gasteiger partial charge in [-0.1, -0.05) is 29.8 Å². The van der Waals surface area contributed by atoms with Crippen LogP contribution < -0.4 is 0 Å². The van der Waals surface area contributed by atoms with Crippen molar-refractivity contribution >= 4 is 11.8 Å². The first kappa shape index (κ1) is 14.6.